The second-order valence-electron chi connectivity index (χ2n) is 5.49. The van der Waals surface area contributed by atoms with Crippen molar-refractivity contribution in [2.75, 3.05) is 6.54 Å². The van der Waals surface area contributed by atoms with Crippen molar-refractivity contribution in [1.82, 2.24) is 20.9 Å². The number of amides is 4. The first-order valence-electron chi connectivity index (χ1n) is 7.49. The van der Waals surface area contributed by atoms with Crippen LogP contribution in [-0.4, -0.2) is 34.6 Å². The minimum Gasteiger partial charge on any atom is -0.355 e. The summed E-state index contributed by atoms with van der Waals surface area (Å²) in [6.07, 6.45) is 0. The monoisotopic (exact) mass is 336 g/mol. The molecule has 1 fully saturated rings. The Morgan fingerprint density at radius 2 is 1.96 bits per heavy atom. The lowest BCUT2D eigenvalue weighted by Gasteiger charge is -2.14. The van der Waals surface area contributed by atoms with E-state index in [4.69, 9.17) is 4.52 Å². The number of imide groups is 1. The molecule has 0 saturated carbocycles. The van der Waals surface area contributed by atoms with E-state index in [0.29, 0.717) is 22.2 Å². The van der Waals surface area contributed by atoms with Gasteiger partial charge in [-0.25, -0.2) is 9.80 Å². The third-order valence-corrected chi connectivity index (χ3v) is 3.80. The summed E-state index contributed by atoms with van der Waals surface area (Å²) in [5, 5.41) is 7.70. The van der Waals surface area contributed by atoms with Crippen molar-refractivity contribution in [2.24, 2.45) is 0 Å². The Kier molecular flexibility index (Phi) is 3.42. The number of rotatable bonds is 3. The fraction of sp³-hybridized carbons (Fsp3) is 0.0588. The van der Waals surface area contributed by atoms with Crippen molar-refractivity contribution in [3.05, 3.63) is 54.1 Å². The number of aromatic nitrogens is 1. The van der Waals surface area contributed by atoms with E-state index >= 15 is 0 Å². The summed E-state index contributed by atoms with van der Waals surface area (Å²) in [5.74, 6) is -0.419. The average Bonchev–Trinajstić information content (AvgIpc) is 3.18. The predicted molar refractivity (Wildman–Crippen MR) is 87.2 cm³/mol. The molecule has 1 aromatic heterocycles. The van der Waals surface area contributed by atoms with Crippen LogP contribution in [0.15, 0.2) is 53.1 Å². The van der Waals surface area contributed by atoms with Crippen molar-refractivity contribution in [3.8, 4) is 11.3 Å². The van der Waals surface area contributed by atoms with Crippen LogP contribution in [0.1, 0.15) is 10.4 Å². The molecule has 0 unspecified atom stereocenters. The van der Waals surface area contributed by atoms with Crippen LogP contribution in [0.4, 0.5) is 4.79 Å². The molecule has 1 aliphatic heterocycles. The lowest BCUT2D eigenvalue weighted by molar-refractivity contribution is -0.118. The maximum Gasteiger partial charge on any atom is 0.343 e. The third kappa shape index (κ3) is 2.69. The lowest BCUT2D eigenvalue weighted by atomic mass is 10.1. The van der Waals surface area contributed by atoms with Crippen LogP contribution < -0.4 is 10.7 Å². The molecule has 1 saturated heterocycles. The normalized spacial score (nSPS) is 14.0. The first-order chi connectivity index (χ1) is 12.1. The summed E-state index contributed by atoms with van der Waals surface area (Å²) in [4.78, 5) is 35.1. The molecule has 124 valence electrons. The highest BCUT2D eigenvalue weighted by Crippen LogP contribution is 2.29. The Balaban J connectivity index is 1.65. The molecule has 0 bridgehead atoms. The number of benzene rings is 2. The number of hydrazine groups is 1. The molecule has 0 aliphatic carbocycles. The summed E-state index contributed by atoms with van der Waals surface area (Å²) in [6.45, 7) is -0.213. The molecule has 2 N–H and O–H groups in total. The number of nitrogens with zero attached hydrogens (tertiary/aromatic N) is 2. The third-order valence-electron chi connectivity index (χ3n) is 3.80. The van der Waals surface area contributed by atoms with Gasteiger partial charge >= 0.3 is 6.03 Å². The van der Waals surface area contributed by atoms with Gasteiger partial charge in [0, 0.05) is 11.1 Å². The van der Waals surface area contributed by atoms with Gasteiger partial charge in [0.1, 0.15) is 12.1 Å². The first kappa shape index (κ1) is 14.9. The van der Waals surface area contributed by atoms with Crippen LogP contribution in [-0.2, 0) is 4.79 Å². The van der Waals surface area contributed by atoms with Crippen molar-refractivity contribution in [2.45, 2.75) is 0 Å². The Hall–Kier alpha value is -3.68. The smallest absolute Gasteiger partial charge is 0.343 e. The minimum absolute atomic E-state index is 0.213. The number of fused-ring (bicyclic) bond motifs is 1. The van der Waals surface area contributed by atoms with Gasteiger partial charge in [-0.2, -0.15) is 0 Å². The molecule has 0 spiro atoms. The largest absolute Gasteiger partial charge is 0.355 e. The van der Waals surface area contributed by atoms with Gasteiger partial charge in [0.05, 0.1) is 5.39 Å². The molecule has 25 heavy (non-hydrogen) atoms. The van der Waals surface area contributed by atoms with Crippen LogP contribution >= 0.6 is 0 Å². The van der Waals surface area contributed by atoms with Gasteiger partial charge in [-0.3, -0.25) is 20.3 Å². The quantitative estimate of drug-likeness (QED) is 0.708. The zero-order chi connectivity index (χ0) is 17.4. The van der Waals surface area contributed by atoms with Gasteiger partial charge in [-0.1, -0.05) is 35.5 Å². The van der Waals surface area contributed by atoms with Crippen LogP contribution in [0.2, 0.25) is 0 Å². The SMILES string of the molecule is O=C1CN(NC(=O)c2ccc3noc(-c4ccccc4)c3c2)C(=O)N1. The summed E-state index contributed by atoms with van der Waals surface area (Å²) >= 11 is 0. The van der Waals surface area contributed by atoms with Crippen molar-refractivity contribution >= 4 is 28.7 Å². The highest BCUT2D eigenvalue weighted by molar-refractivity contribution is 6.05. The summed E-state index contributed by atoms with van der Waals surface area (Å²) in [6, 6.07) is 13.6. The second-order valence-corrected chi connectivity index (χ2v) is 5.49. The van der Waals surface area contributed by atoms with E-state index in [1.807, 2.05) is 30.3 Å². The van der Waals surface area contributed by atoms with Gasteiger partial charge in [-0.05, 0) is 18.2 Å². The zero-order valence-corrected chi connectivity index (χ0v) is 12.9. The van der Waals surface area contributed by atoms with Gasteiger partial charge in [0.2, 0.25) is 5.91 Å². The number of hydrogen-bond donors (Lipinski definition) is 2. The number of carbonyl (C=O) groups excluding carboxylic acids is 3. The highest BCUT2D eigenvalue weighted by Gasteiger charge is 2.28. The Labute approximate surface area is 141 Å². The van der Waals surface area contributed by atoms with Crippen LogP contribution in [0, 0.1) is 0 Å². The molecular formula is C17H12N4O4. The maximum absolute atomic E-state index is 12.4. The van der Waals surface area contributed by atoms with E-state index in [2.05, 4.69) is 15.9 Å². The summed E-state index contributed by atoms with van der Waals surface area (Å²) in [7, 11) is 0. The topological polar surface area (TPSA) is 105 Å². The molecule has 0 atom stereocenters. The average molecular weight is 336 g/mol. The van der Waals surface area contributed by atoms with E-state index in [1.165, 1.54) is 0 Å². The van der Waals surface area contributed by atoms with Gasteiger partial charge in [0.15, 0.2) is 5.76 Å². The second kappa shape index (κ2) is 5.75. The number of hydrogen-bond acceptors (Lipinski definition) is 5. The Bertz CT molecular complexity index is 996. The van der Waals surface area contributed by atoms with Crippen molar-refractivity contribution in [3.63, 3.8) is 0 Å². The van der Waals surface area contributed by atoms with Gasteiger partial charge in [-0.15, -0.1) is 0 Å². The Morgan fingerprint density at radius 1 is 1.16 bits per heavy atom. The van der Waals surface area contributed by atoms with E-state index in [9.17, 15) is 14.4 Å². The number of carbonyl (C=O) groups is 3. The first-order valence-corrected chi connectivity index (χ1v) is 7.49. The van der Waals surface area contributed by atoms with E-state index in [0.717, 1.165) is 10.6 Å². The van der Waals surface area contributed by atoms with E-state index in [-0.39, 0.29) is 6.54 Å². The van der Waals surface area contributed by atoms with Crippen LogP contribution in [0.5, 0.6) is 0 Å². The molecule has 2 aromatic carbocycles. The van der Waals surface area contributed by atoms with Crippen molar-refractivity contribution < 1.29 is 18.9 Å². The van der Waals surface area contributed by atoms with E-state index < -0.39 is 17.8 Å². The minimum atomic E-state index is -0.658. The molecule has 4 rings (SSSR count). The molecule has 2 heterocycles. The van der Waals surface area contributed by atoms with Crippen LogP contribution in [0.25, 0.3) is 22.2 Å². The van der Waals surface area contributed by atoms with E-state index in [1.54, 1.807) is 18.2 Å². The summed E-state index contributed by atoms with van der Waals surface area (Å²) in [5.41, 5.74) is 4.18. The zero-order valence-electron chi connectivity index (χ0n) is 12.9. The number of nitrogens with one attached hydrogen (secondary N) is 2. The lowest BCUT2D eigenvalue weighted by Crippen LogP contribution is -2.44. The number of urea groups is 1. The maximum atomic E-state index is 12.4. The molecule has 1 aliphatic rings. The highest BCUT2D eigenvalue weighted by atomic mass is 16.5. The standard InChI is InChI=1S/C17H12N4O4/c22-14-9-21(17(24)18-14)19-16(23)11-6-7-13-12(8-11)15(25-20-13)10-4-2-1-3-5-10/h1-8H,9H2,(H,19,23)(H,18,22,24). The molecular weight excluding hydrogens is 324 g/mol. The van der Waals surface area contributed by atoms with Gasteiger partial charge in [0.25, 0.3) is 5.91 Å². The molecule has 8 nitrogen and oxygen atoms in total. The Morgan fingerprint density at radius 3 is 2.68 bits per heavy atom. The predicted octanol–water partition coefficient (Wildman–Crippen LogP) is 1.69. The molecule has 8 heteroatoms. The van der Waals surface area contributed by atoms with Gasteiger partial charge < -0.3 is 4.52 Å². The fourth-order valence-corrected chi connectivity index (χ4v) is 2.60. The summed E-state index contributed by atoms with van der Waals surface area (Å²) < 4.78 is 5.40. The van der Waals surface area contributed by atoms with Crippen molar-refractivity contribution in [1.29, 1.82) is 0 Å². The molecule has 0 radical (unpaired) electrons. The fourth-order valence-electron chi connectivity index (χ4n) is 2.60. The molecule has 4 amide bonds. The molecule has 3 aromatic rings. The van der Waals surface area contributed by atoms with Crippen LogP contribution in [0.3, 0.4) is 0 Å².